The lowest BCUT2D eigenvalue weighted by molar-refractivity contribution is -0.0327. The van der Waals surface area contributed by atoms with E-state index in [4.69, 9.17) is 0 Å². The van der Waals surface area contributed by atoms with Gasteiger partial charge < -0.3 is 5.32 Å². The molecule has 1 unspecified atom stereocenters. The van der Waals surface area contributed by atoms with Crippen molar-refractivity contribution >= 4 is 28.7 Å². The zero-order valence-electron chi connectivity index (χ0n) is 7.60. The molecule has 14 heavy (non-hydrogen) atoms. The molecule has 0 aromatic carbocycles. The van der Waals surface area contributed by atoms with Crippen molar-refractivity contribution in [3.05, 3.63) is 0 Å². The Balaban J connectivity index is 2.15. The quantitative estimate of drug-likeness (QED) is 0.771. The molecule has 1 atom stereocenters. The summed E-state index contributed by atoms with van der Waals surface area (Å²) in [6.07, 6.45) is 0. The van der Waals surface area contributed by atoms with E-state index in [1.165, 1.54) is 0 Å². The molecule has 1 saturated heterocycles. The van der Waals surface area contributed by atoms with E-state index in [0.29, 0.717) is 6.04 Å². The molecule has 0 radical (unpaired) electrons. The minimum Gasteiger partial charge on any atom is -0.362 e. The van der Waals surface area contributed by atoms with Gasteiger partial charge in [-0.05, 0) is 18.7 Å². The second kappa shape index (κ2) is 5.16. The summed E-state index contributed by atoms with van der Waals surface area (Å²) in [7, 11) is 0. The van der Waals surface area contributed by atoms with Gasteiger partial charge in [-0.2, -0.15) is 13.2 Å². The van der Waals surface area contributed by atoms with E-state index in [2.05, 4.69) is 10.3 Å². The largest absolute Gasteiger partial charge is 0.441 e. The summed E-state index contributed by atoms with van der Waals surface area (Å²) >= 11 is 1.53. The first-order valence-electron chi connectivity index (χ1n) is 4.12. The van der Waals surface area contributed by atoms with Crippen LogP contribution in [0.25, 0.3) is 0 Å². The molecule has 0 aliphatic carbocycles. The van der Waals surface area contributed by atoms with Crippen LogP contribution in [0.15, 0.2) is 4.99 Å². The maximum Gasteiger partial charge on any atom is 0.441 e. The Labute approximate surface area is 89.1 Å². The Hall–Kier alpha value is -0.0400. The summed E-state index contributed by atoms with van der Waals surface area (Å²) in [5.41, 5.74) is -4.14. The first-order valence-corrected chi connectivity index (χ1v) is 6.09. The highest BCUT2D eigenvalue weighted by Crippen LogP contribution is 2.29. The molecule has 1 rings (SSSR count). The summed E-state index contributed by atoms with van der Waals surface area (Å²) in [6, 6.07) is 0.369. The van der Waals surface area contributed by atoms with Crippen molar-refractivity contribution in [2.24, 2.45) is 4.99 Å². The number of alkyl halides is 3. The molecular formula is C7H11F3N2S2. The van der Waals surface area contributed by atoms with Gasteiger partial charge in [-0.3, -0.25) is 4.99 Å². The molecule has 2 nitrogen and oxygen atoms in total. The first kappa shape index (κ1) is 12.0. The van der Waals surface area contributed by atoms with Crippen molar-refractivity contribution in [3.8, 4) is 0 Å². The fraction of sp³-hybridized carbons (Fsp3) is 0.857. The smallest absolute Gasteiger partial charge is 0.362 e. The number of aliphatic imine (C=N–C) groups is 1. The highest BCUT2D eigenvalue weighted by molar-refractivity contribution is 8.14. The standard InChI is InChI=1S/C7H11F3N2S2/c1-5-4-13-6(12-5)11-2-3-14-7(8,9)10/h5H,2-4H2,1H3,(H,11,12). The Morgan fingerprint density at radius 3 is 2.86 bits per heavy atom. The molecule has 0 spiro atoms. The molecule has 82 valence electrons. The van der Waals surface area contributed by atoms with Crippen molar-refractivity contribution in [2.45, 2.75) is 18.5 Å². The van der Waals surface area contributed by atoms with Crippen molar-refractivity contribution in [3.63, 3.8) is 0 Å². The number of hydrogen-bond donors (Lipinski definition) is 1. The van der Waals surface area contributed by atoms with Crippen molar-refractivity contribution < 1.29 is 13.2 Å². The number of hydrogen-bond acceptors (Lipinski definition) is 3. The summed E-state index contributed by atoms with van der Waals surface area (Å²) in [5, 5.41) is 3.84. The Bertz CT molecular complexity index is 217. The predicted molar refractivity (Wildman–Crippen MR) is 55.9 cm³/mol. The first-order chi connectivity index (χ1) is 6.47. The maximum absolute atomic E-state index is 11.7. The van der Waals surface area contributed by atoms with E-state index in [9.17, 15) is 13.2 Å². The van der Waals surface area contributed by atoms with E-state index < -0.39 is 5.51 Å². The Morgan fingerprint density at radius 1 is 1.64 bits per heavy atom. The molecule has 0 saturated carbocycles. The predicted octanol–water partition coefficient (Wildman–Crippen LogP) is 2.32. The second-order valence-corrected chi connectivity index (χ2v) is 5.01. The summed E-state index contributed by atoms with van der Waals surface area (Å²) in [4.78, 5) is 4.02. The molecular weight excluding hydrogens is 233 g/mol. The van der Waals surface area contributed by atoms with Gasteiger partial charge in [0.15, 0.2) is 5.17 Å². The van der Waals surface area contributed by atoms with Crippen molar-refractivity contribution in [2.75, 3.05) is 18.1 Å². The van der Waals surface area contributed by atoms with Crippen LogP contribution < -0.4 is 5.32 Å². The second-order valence-electron chi connectivity index (χ2n) is 2.84. The SMILES string of the molecule is CC1CSC(=NCCSC(F)(F)F)N1. The van der Waals surface area contributed by atoms with Crippen LogP contribution in [0.1, 0.15) is 6.92 Å². The van der Waals surface area contributed by atoms with E-state index >= 15 is 0 Å². The molecule has 1 fully saturated rings. The fourth-order valence-electron chi connectivity index (χ4n) is 0.898. The van der Waals surface area contributed by atoms with Crippen molar-refractivity contribution in [1.29, 1.82) is 0 Å². The number of rotatable bonds is 3. The van der Waals surface area contributed by atoms with Gasteiger partial charge in [-0.15, -0.1) is 0 Å². The molecule has 0 bridgehead atoms. The third-order valence-electron chi connectivity index (χ3n) is 1.45. The van der Waals surface area contributed by atoms with Crippen LogP contribution >= 0.6 is 23.5 Å². The van der Waals surface area contributed by atoms with Crippen LogP contribution in [0.3, 0.4) is 0 Å². The lowest BCUT2D eigenvalue weighted by Crippen LogP contribution is -2.23. The van der Waals surface area contributed by atoms with Gasteiger partial charge in [-0.1, -0.05) is 11.8 Å². The lowest BCUT2D eigenvalue weighted by atomic mass is 10.4. The zero-order valence-corrected chi connectivity index (χ0v) is 9.23. The Kier molecular flexibility index (Phi) is 4.43. The lowest BCUT2D eigenvalue weighted by Gasteiger charge is -2.03. The van der Waals surface area contributed by atoms with Gasteiger partial charge in [0.25, 0.3) is 0 Å². The number of thioether (sulfide) groups is 2. The minimum absolute atomic E-state index is 0.0103. The Morgan fingerprint density at radius 2 is 2.36 bits per heavy atom. The summed E-state index contributed by atoms with van der Waals surface area (Å²) < 4.78 is 35.1. The number of nitrogens with one attached hydrogen (secondary N) is 1. The highest BCUT2D eigenvalue weighted by Gasteiger charge is 2.27. The van der Waals surface area contributed by atoms with E-state index in [1.54, 1.807) is 11.8 Å². The van der Waals surface area contributed by atoms with E-state index in [-0.39, 0.29) is 24.1 Å². The average Bonchev–Trinajstić information content (AvgIpc) is 2.44. The van der Waals surface area contributed by atoms with Gasteiger partial charge in [-0.25, -0.2) is 0 Å². The molecule has 1 heterocycles. The minimum atomic E-state index is -4.14. The number of amidine groups is 1. The molecule has 1 aliphatic heterocycles. The summed E-state index contributed by atoms with van der Waals surface area (Å²) in [5.74, 6) is 0.925. The molecule has 1 aliphatic rings. The normalized spacial score (nSPS) is 25.4. The monoisotopic (exact) mass is 244 g/mol. The molecule has 7 heteroatoms. The van der Waals surface area contributed by atoms with Gasteiger partial charge in [0.1, 0.15) is 0 Å². The van der Waals surface area contributed by atoms with Crippen LogP contribution in [0.4, 0.5) is 13.2 Å². The van der Waals surface area contributed by atoms with E-state index in [0.717, 1.165) is 10.9 Å². The number of nitrogens with zero attached hydrogens (tertiary/aromatic N) is 1. The maximum atomic E-state index is 11.7. The van der Waals surface area contributed by atoms with Crippen LogP contribution in [-0.4, -0.2) is 34.8 Å². The van der Waals surface area contributed by atoms with Gasteiger partial charge in [0, 0.05) is 17.5 Å². The number of halogens is 3. The van der Waals surface area contributed by atoms with Gasteiger partial charge >= 0.3 is 5.51 Å². The van der Waals surface area contributed by atoms with Crippen LogP contribution in [0.2, 0.25) is 0 Å². The molecule has 0 aromatic rings. The third-order valence-corrected chi connectivity index (χ3v) is 3.35. The zero-order chi connectivity index (χ0) is 10.6. The van der Waals surface area contributed by atoms with Crippen LogP contribution in [-0.2, 0) is 0 Å². The van der Waals surface area contributed by atoms with Gasteiger partial charge in [0.05, 0.1) is 6.54 Å². The van der Waals surface area contributed by atoms with Crippen molar-refractivity contribution in [1.82, 2.24) is 5.32 Å². The van der Waals surface area contributed by atoms with Gasteiger partial charge in [0.2, 0.25) is 0 Å². The molecule has 0 amide bonds. The third kappa shape index (κ3) is 4.99. The molecule has 0 aromatic heterocycles. The highest BCUT2D eigenvalue weighted by atomic mass is 32.2. The topological polar surface area (TPSA) is 24.4 Å². The molecule has 1 N–H and O–H groups in total. The summed E-state index contributed by atoms with van der Waals surface area (Å²) in [6.45, 7) is 2.23. The average molecular weight is 244 g/mol. The van der Waals surface area contributed by atoms with E-state index in [1.807, 2.05) is 6.92 Å². The van der Waals surface area contributed by atoms with Crippen LogP contribution in [0, 0.1) is 0 Å². The fourth-order valence-corrected chi connectivity index (χ4v) is 2.27. The van der Waals surface area contributed by atoms with Crippen LogP contribution in [0.5, 0.6) is 0 Å².